The van der Waals surface area contributed by atoms with Crippen LogP contribution in [0.5, 0.6) is 0 Å². The van der Waals surface area contributed by atoms with Crippen molar-refractivity contribution in [2.45, 2.75) is 44.9 Å². The van der Waals surface area contributed by atoms with Crippen LogP contribution in [0.15, 0.2) is 5.16 Å². The average molecular weight is 316 g/mol. The first kappa shape index (κ1) is 17.8. The zero-order valence-electron chi connectivity index (χ0n) is 13.2. The van der Waals surface area contributed by atoms with Gasteiger partial charge in [0, 0.05) is 25.7 Å². The van der Waals surface area contributed by atoms with E-state index >= 15 is 0 Å². The molecule has 0 atom stereocenters. The summed E-state index contributed by atoms with van der Waals surface area (Å²) in [4.78, 5) is 12.9. The third kappa shape index (κ3) is 4.89. The van der Waals surface area contributed by atoms with Gasteiger partial charge < -0.3 is 14.7 Å². The van der Waals surface area contributed by atoms with Gasteiger partial charge in [0.25, 0.3) is 0 Å². The van der Waals surface area contributed by atoms with Crippen LogP contribution in [0.2, 0.25) is 0 Å². The molecule has 120 valence electrons. The third-order valence-electron chi connectivity index (χ3n) is 2.90. The van der Waals surface area contributed by atoms with E-state index in [1.807, 2.05) is 18.4 Å². The molecule has 0 aromatic carbocycles. The van der Waals surface area contributed by atoms with Gasteiger partial charge in [0.15, 0.2) is 5.16 Å². The van der Waals surface area contributed by atoms with E-state index in [0.717, 1.165) is 5.95 Å². The molecule has 0 radical (unpaired) electrons. The SMILES string of the molecule is COCCN(c1nnc(SCC(=O)O)n1C(C)C)C(C)C. The van der Waals surface area contributed by atoms with Crippen molar-refractivity contribution in [2.75, 3.05) is 30.9 Å². The van der Waals surface area contributed by atoms with Crippen molar-refractivity contribution >= 4 is 23.7 Å². The molecule has 1 aromatic rings. The summed E-state index contributed by atoms with van der Waals surface area (Å²) in [7, 11) is 1.67. The number of thioether (sulfide) groups is 1. The van der Waals surface area contributed by atoms with Gasteiger partial charge in [-0.15, -0.1) is 10.2 Å². The Hall–Kier alpha value is -1.28. The number of carboxylic acid groups (broad SMARTS) is 1. The van der Waals surface area contributed by atoms with Gasteiger partial charge in [0.05, 0.1) is 12.4 Å². The molecular weight excluding hydrogens is 292 g/mol. The number of hydrogen-bond donors (Lipinski definition) is 1. The lowest BCUT2D eigenvalue weighted by Gasteiger charge is -2.28. The van der Waals surface area contributed by atoms with E-state index in [1.54, 1.807) is 7.11 Å². The molecular formula is C13H24N4O3S. The lowest BCUT2D eigenvalue weighted by atomic mass is 10.3. The molecule has 0 amide bonds. The van der Waals surface area contributed by atoms with Gasteiger partial charge in [-0.25, -0.2) is 0 Å². The second kappa shape index (κ2) is 8.23. The Morgan fingerprint density at radius 3 is 2.52 bits per heavy atom. The number of hydrogen-bond acceptors (Lipinski definition) is 6. The highest BCUT2D eigenvalue weighted by Crippen LogP contribution is 2.27. The monoisotopic (exact) mass is 316 g/mol. The van der Waals surface area contributed by atoms with E-state index in [2.05, 4.69) is 28.9 Å². The van der Waals surface area contributed by atoms with Crippen molar-refractivity contribution in [3.05, 3.63) is 0 Å². The van der Waals surface area contributed by atoms with E-state index in [-0.39, 0.29) is 17.8 Å². The lowest BCUT2D eigenvalue weighted by Crippen LogP contribution is -2.36. The molecule has 0 aliphatic carbocycles. The maximum Gasteiger partial charge on any atom is 0.313 e. The molecule has 1 heterocycles. The summed E-state index contributed by atoms with van der Waals surface area (Å²) < 4.78 is 7.12. The molecule has 0 spiro atoms. The van der Waals surface area contributed by atoms with Crippen molar-refractivity contribution < 1.29 is 14.6 Å². The van der Waals surface area contributed by atoms with Crippen LogP contribution < -0.4 is 4.90 Å². The van der Waals surface area contributed by atoms with Gasteiger partial charge in [-0.05, 0) is 27.7 Å². The summed E-state index contributed by atoms with van der Waals surface area (Å²) in [6.07, 6.45) is 0. The van der Waals surface area contributed by atoms with E-state index in [0.29, 0.717) is 18.3 Å². The van der Waals surface area contributed by atoms with Crippen molar-refractivity contribution in [2.24, 2.45) is 0 Å². The summed E-state index contributed by atoms with van der Waals surface area (Å²) in [5.41, 5.74) is 0. The second-order valence-corrected chi connectivity index (χ2v) is 6.15. The van der Waals surface area contributed by atoms with Crippen molar-refractivity contribution in [1.82, 2.24) is 14.8 Å². The third-order valence-corrected chi connectivity index (χ3v) is 3.83. The normalized spacial score (nSPS) is 11.4. The number of rotatable bonds is 9. The maximum atomic E-state index is 10.7. The molecule has 0 saturated heterocycles. The number of methoxy groups -OCH3 is 1. The average Bonchev–Trinajstić information content (AvgIpc) is 2.80. The summed E-state index contributed by atoms with van der Waals surface area (Å²) in [6, 6.07) is 0.397. The van der Waals surface area contributed by atoms with Crippen LogP contribution in [0, 0.1) is 0 Å². The Labute approximate surface area is 129 Å². The van der Waals surface area contributed by atoms with E-state index in [1.165, 1.54) is 11.8 Å². The van der Waals surface area contributed by atoms with Crippen molar-refractivity contribution in [1.29, 1.82) is 0 Å². The topological polar surface area (TPSA) is 80.5 Å². The largest absolute Gasteiger partial charge is 0.481 e. The lowest BCUT2D eigenvalue weighted by molar-refractivity contribution is -0.133. The number of carboxylic acids is 1. The van der Waals surface area contributed by atoms with Gasteiger partial charge in [0.2, 0.25) is 5.95 Å². The predicted molar refractivity (Wildman–Crippen MR) is 83.1 cm³/mol. The number of aromatic nitrogens is 3. The van der Waals surface area contributed by atoms with E-state index < -0.39 is 5.97 Å². The van der Waals surface area contributed by atoms with Crippen molar-refractivity contribution in [3.63, 3.8) is 0 Å². The van der Waals surface area contributed by atoms with Crippen LogP contribution in [-0.4, -0.2) is 57.9 Å². The van der Waals surface area contributed by atoms with Crippen LogP contribution in [0.4, 0.5) is 5.95 Å². The zero-order chi connectivity index (χ0) is 16.0. The minimum atomic E-state index is -0.861. The van der Waals surface area contributed by atoms with Gasteiger partial charge in [0.1, 0.15) is 0 Å². The molecule has 21 heavy (non-hydrogen) atoms. The van der Waals surface area contributed by atoms with Gasteiger partial charge in [-0.1, -0.05) is 11.8 Å². The predicted octanol–water partition coefficient (Wildman–Crippen LogP) is 1.90. The fourth-order valence-corrected chi connectivity index (χ4v) is 2.70. The van der Waals surface area contributed by atoms with Crippen LogP contribution in [-0.2, 0) is 9.53 Å². The highest BCUT2D eigenvalue weighted by atomic mass is 32.2. The minimum Gasteiger partial charge on any atom is -0.481 e. The van der Waals surface area contributed by atoms with Gasteiger partial charge >= 0.3 is 5.97 Å². The summed E-state index contributed by atoms with van der Waals surface area (Å²) in [5.74, 6) is -0.130. The molecule has 1 rings (SSSR count). The molecule has 0 aliphatic heterocycles. The van der Waals surface area contributed by atoms with E-state index in [4.69, 9.17) is 9.84 Å². The summed E-state index contributed by atoms with van der Waals surface area (Å²) >= 11 is 1.19. The Morgan fingerprint density at radius 2 is 2.05 bits per heavy atom. The number of aliphatic carboxylic acids is 1. The first-order valence-electron chi connectivity index (χ1n) is 6.93. The zero-order valence-corrected chi connectivity index (χ0v) is 14.1. The molecule has 1 aromatic heterocycles. The molecule has 8 heteroatoms. The van der Waals surface area contributed by atoms with Crippen LogP contribution in [0.1, 0.15) is 33.7 Å². The smallest absolute Gasteiger partial charge is 0.313 e. The first-order chi connectivity index (χ1) is 9.88. The Balaban J connectivity index is 3.06. The second-order valence-electron chi connectivity index (χ2n) is 5.21. The fourth-order valence-electron chi connectivity index (χ4n) is 1.92. The standard InChI is InChI=1S/C13H24N4O3S/c1-9(2)16(6-7-20-5)12-14-15-13(17(12)10(3)4)21-8-11(18)19/h9-10H,6-8H2,1-5H3,(H,18,19). The highest BCUT2D eigenvalue weighted by Gasteiger charge is 2.22. The molecule has 0 saturated carbocycles. The van der Waals surface area contributed by atoms with Crippen molar-refractivity contribution in [3.8, 4) is 0 Å². The Morgan fingerprint density at radius 1 is 1.38 bits per heavy atom. The minimum absolute atomic E-state index is 0.0232. The molecule has 0 unspecified atom stereocenters. The number of anilines is 1. The number of carbonyl (C=O) groups is 1. The highest BCUT2D eigenvalue weighted by molar-refractivity contribution is 7.99. The molecule has 0 aliphatic rings. The number of nitrogens with zero attached hydrogens (tertiary/aromatic N) is 4. The van der Waals surface area contributed by atoms with Crippen LogP contribution in [0.3, 0.4) is 0 Å². The van der Waals surface area contributed by atoms with Gasteiger partial charge in [-0.2, -0.15) is 0 Å². The quantitative estimate of drug-likeness (QED) is 0.697. The molecule has 1 N–H and O–H groups in total. The van der Waals surface area contributed by atoms with E-state index in [9.17, 15) is 4.79 Å². The van der Waals surface area contributed by atoms with Crippen LogP contribution in [0.25, 0.3) is 0 Å². The Bertz CT molecular complexity index is 462. The summed E-state index contributed by atoms with van der Waals surface area (Å²) in [5, 5.41) is 17.9. The maximum absolute atomic E-state index is 10.7. The van der Waals surface area contributed by atoms with Gasteiger partial charge in [-0.3, -0.25) is 9.36 Å². The first-order valence-corrected chi connectivity index (χ1v) is 7.92. The molecule has 0 bridgehead atoms. The molecule has 7 nitrogen and oxygen atoms in total. The fraction of sp³-hybridized carbons (Fsp3) is 0.769. The summed E-state index contributed by atoms with van der Waals surface area (Å²) in [6.45, 7) is 9.54. The van der Waals surface area contributed by atoms with Crippen LogP contribution >= 0.6 is 11.8 Å². The Kier molecular flexibility index (Phi) is 6.97. The molecule has 0 fully saturated rings. The number of ether oxygens (including phenoxy) is 1.